The summed E-state index contributed by atoms with van der Waals surface area (Å²) in [5.74, 6) is -0.469. The molecule has 0 spiro atoms. The van der Waals surface area contributed by atoms with Crippen LogP contribution in [0.2, 0.25) is 0 Å². The van der Waals surface area contributed by atoms with Crippen molar-refractivity contribution in [1.82, 2.24) is 9.80 Å². The number of hydrazone groups is 1. The van der Waals surface area contributed by atoms with Gasteiger partial charge in [-0.15, -0.1) is 0 Å². The summed E-state index contributed by atoms with van der Waals surface area (Å²) in [5.41, 5.74) is 3.40. The van der Waals surface area contributed by atoms with Crippen molar-refractivity contribution in [3.63, 3.8) is 0 Å². The van der Waals surface area contributed by atoms with Crippen molar-refractivity contribution in [2.24, 2.45) is 10.5 Å². The van der Waals surface area contributed by atoms with Gasteiger partial charge in [-0.05, 0) is 52.8 Å². The van der Waals surface area contributed by atoms with E-state index in [0.717, 1.165) is 6.21 Å². The molecule has 3 N–H and O–H groups in total. The zero-order chi connectivity index (χ0) is 29.1. The minimum Gasteiger partial charge on any atom is -0.496 e. The molecule has 1 aliphatic rings. The maximum Gasteiger partial charge on any atom is 0.258 e. The van der Waals surface area contributed by atoms with E-state index in [-0.39, 0.29) is 37.6 Å². The lowest BCUT2D eigenvalue weighted by molar-refractivity contribution is -0.141. The molecule has 212 valence electrons. The number of nitrogens with one attached hydrogen (secondary N) is 2. The van der Waals surface area contributed by atoms with Gasteiger partial charge in [0.25, 0.3) is 5.91 Å². The van der Waals surface area contributed by atoms with Gasteiger partial charge >= 0.3 is 0 Å². The summed E-state index contributed by atoms with van der Waals surface area (Å²) in [6.07, 6.45) is 1.18. The van der Waals surface area contributed by atoms with E-state index >= 15 is 0 Å². The van der Waals surface area contributed by atoms with Gasteiger partial charge in [-0.1, -0.05) is 11.3 Å². The first-order valence-corrected chi connectivity index (χ1v) is 13.4. The van der Waals surface area contributed by atoms with Crippen LogP contribution in [0.4, 0.5) is 14.4 Å². The van der Waals surface area contributed by atoms with Crippen LogP contribution in [0.3, 0.4) is 0 Å². The number of ether oxygens (including phenoxy) is 1. The van der Waals surface area contributed by atoms with Crippen molar-refractivity contribution in [2.45, 2.75) is 46.8 Å². The Labute approximate surface area is 232 Å². The first-order valence-electron chi connectivity index (χ1n) is 12.6. The summed E-state index contributed by atoms with van der Waals surface area (Å²) >= 11 is 1.30. The Morgan fingerprint density at radius 2 is 2.08 bits per heavy atom. The molecule has 1 aliphatic heterocycles. The van der Waals surface area contributed by atoms with Crippen molar-refractivity contribution < 1.29 is 23.8 Å². The summed E-state index contributed by atoms with van der Waals surface area (Å²) < 4.78 is 19.4. The van der Waals surface area contributed by atoms with Crippen LogP contribution >= 0.6 is 11.3 Å². The summed E-state index contributed by atoms with van der Waals surface area (Å²) in [7, 11) is 3.20. The van der Waals surface area contributed by atoms with Crippen LogP contribution < -0.4 is 15.1 Å². The molecule has 2 aromatic rings. The molecule has 1 unspecified atom stereocenters. The van der Waals surface area contributed by atoms with E-state index in [0.29, 0.717) is 32.4 Å². The van der Waals surface area contributed by atoms with E-state index in [1.807, 2.05) is 32.6 Å². The number of methoxy groups -OCH3 is 1. The molecule has 0 fully saturated rings. The SMILES string of the molecule is COc1ccc(F)cc1C(O)CN1CN(CC(C)(C)C(=O)N(C)C(C)C)C(=O)c2c1sc(N/N=C\C=N)c2C. The average molecular weight is 561 g/mol. The number of aliphatic hydroxyl groups is 1. The average Bonchev–Trinajstić information content (AvgIpc) is 3.22. The van der Waals surface area contributed by atoms with Crippen LogP contribution in [0.25, 0.3) is 0 Å². The summed E-state index contributed by atoms with van der Waals surface area (Å²) in [6, 6.07) is 3.96. The molecule has 39 heavy (non-hydrogen) atoms. The van der Waals surface area contributed by atoms with Gasteiger partial charge in [0.05, 0.1) is 37.5 Å². The largest absolute Gasteiger partial charge is 0.496 e. The topological polar surface area (TPSA) is 122 Å². The van der Waals surface area contributed by atoms with Crippen LogP contribution in [0.5, 0.6) is 5.75 Å². The lowest BCUT2D eigenvalue weighted by Gasteiger charge is -2.41. The van der Waals surface area contributed by atoms with E-state index in [4.69, 9.17) is 10.1 Å². The van der Waals surface area contributed by atoms with Crippen LogP contribution in [0.15, 0.2) is 23.3 Å². The van der Waals surface area contributed by atoms with Gasteiger partial charge in [0.2, 0.25) is 5.91 Å². The molecule has 0 aliphatic carbocycles. The van der Waals surface area contributed by atoms with E-state index in [9.17, 15) is 19.1 Å². The highest BCUT2D eigenvalue weighted by Gasteiger charge is 2.40. The number of thiophene rings is 1. The molecule has 1 aromatic carbocycles. The molecule has 10 nitrogen and oxygen atoms in total. The first kappa shape index (κ1) is 30.0. The first-order chi connectivity index (χ1) is 18.3. The number of hydrogen-bond donors (Lipinski definition) is 3. The Balaban J connectivity index is 2.01. The number of amides is 2. The van der Waals surface area contributed by atoms with E-state index in [1.54, 1.807) is 23.8 Å². The van der Waals surface area contributed by atoms with Gasteiger partial charge in [-0.2, -0.15) is 5.10 Å². The molecular weight excluding hydrogens is 523 g/mol. The number of hydrogen-bond acceptors (Lipinski definition) is 9. The second-order valence-corrected chi connectivity index (χ2v) is 11.5. The standard InChI is InChI=1S/C27H37FN6O4S/c1-16(2)32(6)26(37)27(4,5)14-34-15-33(13-20(35)19-12-18(28)8-9-21(19)38-7)25-22(24(34)36)17(3)23(39-25)31-30-11-10-29/h8-12,16,20,29,31,35H,13-15H2,1-7H3/b29-10?,30-11-. The zero-order valence-corrected chi connectivity index (χ0v) is 24.2. The Morgan fingerprint density at radius 1 is 1.38 bits per heavy atom. The number of aliphatic hydroxyl groups excluding tert-OH is 1. The summed E-state index contributed by atoms with van der Waals surface area (Å²) in [4.78, 5) is 32.1. The quantitative estimate of drug-likeness (QED) is 0.281. The third kappa shape index (κ3) is 6.39. The molecule has 2 amide bonds. The van der Waals surface area contributed by atoms with Crippen LogP contribution in [0, 0.1) is 23.6 Å². The zero-order valence-electron chi connectivity index (χ0n) is 23.4. The Morgan fingerprint density at radius 3 is 2.69 bits per heavy atom. The van der Waals surface area contributed by atoms with Gasteiger partial charge in [0.15, 0.2) is 0 Å². The number of benzene rings is 1. The van der Waals surface area contributed by atoms with Gasteiger partial charge in [-0.3, -0.25) is 15.0 Å². The number of carbonyl (C=O) groups excluding carboxylic acids is 2. The predicted molar refractivity (Wildman–Crippen MR) is 153 cm³/mol. The number of rotatable bonds is 11. The summed E-state index contributed by atoms with van der Waals surface area (Å²) in [6.45, 7) is 9.60. The highest BCUT2D eigenvalue weighted by atomic mass is 32.1. The molecule has 12 heteroatoms. The molecule has 1 aromatic heterocycles. The number of β-amino-alcohol motifs (C(OH)–C–C–N with tert-alkyl or cyclic N) is 1. The van der Waals surface area contributed by atoms with Crippen LogP contribution in [-0.2, 0) is 4.79 Å². The molecular formula is C27H37FN6O4S. The van der Waals surface area contributed by atoms with Gasteiger partial charge < -0.3 is 30.0 Å². The third-order valence-corrected chi connectivity index (χ3v) is 8.03. The third-order valence-electron chi connectivity index (χ3n) is 6.78. The second kappa shape index (κ2) is 12.1. The van der Waals surface area contributed by atoms with Gasteiger partial charge in [0.1, 0.15) is 27.7 Å². The van der Waals surface area contributed by atoms with Crippen molar-refractivity contribution in [2.75, 3.05) is 44.2 Å². The molecule has 3 rings (SSSR count). The van der Waals surface area contributed by atoms with Crippen molar-refractivity contribution >= 4 is 45.6 Å². The van der Waals surface area contributed by atoms with E-state index in [2.05, 4.69) is 10.5 Å². The van der Waals surface area contributed by atoms with Crippen molar-refractivity contribution in [3.8, 4) is 5.75 Å². The van der Waals surface area contributed by atoms with Crippen molar-refractivity contribution in [3.05, 3.63) is 40.7 Å². The number of anilines is 2. The number of nitrogens with zero attached hydrogens (tertiary/aromatic N) is 4. The smallest absolute Gasteiger partial charge is 0.258 e. The van der Waals surface area contributed by atoms with Gasteiger partial charge in [0, 0.05) is 37.0 Å². The molecule has 0 saturated carbocycles. The molecule has 0 bridgehead atoms. The van der Waals surface area contributed by atoms with E-state index < -0.39 is 17.3 Å². The summed E-state index contributed by atoms with van der Waals surface area (Å²) in [5, 5.41) is 23.6. The molecule has 0 radical (unpaired) electrons. The monoisotopic (exact) mass is 560 g/mol. The van der Waals surface area contributed by atoms with E-state index in [1.165, 1.54) is 42.9 Å². The number of carbonyl (C=O) groups is 2. The minimum absolute atomic E-state index is 0.00241. The van der Waals surface area contributed by atoms with Crippen molar-refractivity contribution in [1.29, 1.82) is 5.41 Å². The maximum atomic E-state index is 14.1. The fourth-order valence-corrected chi connectivity index (χ4v) is 5.65. The Bertz CT molecular complexity index is 1260. The normalized spacial score (nSPS) is 14.6. The Kier molecular flexibility index (Phi) is 9.34. The number of fused-ring (bicyclic) bond motifs is 1. The highest BCUT2D eigenvalue weighted by molar-refractivity contribution is 7.20. The minimum atomic E-state index is -1.13. The highest BCUT2D eigenvalue weighted by Crippen LogP contribution is 2.44. The lowest BCUT2D eigenvalue weighted by Crippen LogP contribution is -2.54. The molecule has 2 heterocycles. The molecule has 1 atom stereocenters. The fourth-order valence-electron chi connectivity index (χ4n) is 4.50. The Hall–Kier alpha value is -3.51. The fraction of sp³-hybridized carbons (Fsp3) is 0.481. The number of halogens is 1. The predicted octanol–water partition coefficient (Wildman–Crippen LogP) is 4.10. The molecule has 0 saturated heterocycles. The van der Waals surface area contributed by atoms with Crippen LogP contribution in [-0.4, -0.2) is 79.1 Å². The second-order valence-electron chi connectivity index (χ2n) is 10.5. The lowest BCUT2D eigenvalue weighted by atomic mass is 9.90. The maximum absolute atomic E-state index is 14.1. The van der Waals surface area contributed by atoms with Gasteiger partial charge in [-0.25, -0.2) is 4.39 Å². The van der Waals surface area contributed by atoms with Crippen LogP contribution in [0.1, 0.15) is 55.3 Å².